The van der Waals surface area contributed by atoms with Crippen LogP contribution < -0.4 is 54.7 Å². The highest BCUT2D eigenvalue weighted by molar-refractivity contribution is 7.99. The molecule has 16 heteroatoms. The highest BCUT2D eigenvalue weighted by atomic mass is 32.2. The number of carbonyl (C=O) groups is 4. The zero-order valence-electron chi connectivity index (χ0n) is 33.0. The predicted octanol–water partition coefficient (Wildman–Crippen LogP) is 4.65. The molecule has 0 fully saturated rings. The molecule has 2 atom stereocenters. The Hall–Kier alpha value is -5.72. The van der Waals surface area contributed by atoms with E-state index in [1.165, 1.54) is 41.7 Å². The molecule has 5 aromatic carbocycles. The van der Waals surface area contributed by atoms with E-state index in [0.717, 1.165) is 11.1 Å². The Labute approximate surface area is 358 Å². The van der Waals surface area contributed by atoms with Crippen molar-refractivity contribution in [3.05, 3.63) is 138 Å². The summed E-state index contributed by atoms with van der Waals surface area (Å²) in [5.74, 6) is -0.627. The molecule has 4 amide bonds. The summed E-state index contributed by atoms with van der Waals surface area (Å²) >= 11 is 2.73. The lowest BCUT2D eigenvalue weighted by Crippen LogP contribution is -2.37. The fourth-order valence-electron chi connectivity index (χ4n) is 5.98. The smallest absolute Gasteiger partial charge is 0.255 e. The monoisotopic (exact) mass is 849 g/mol. The molecule has 0 unspecified atom stereocenters. The summed E-state index contributed by atoms with van der Waals surface area (Å²) < 4.78 is 5.81. The van der Waals surface area contributed by atoms with Gasteiger partial charge in [-0.15, -0.1) is 23.5 Å². The average molecular weight is 850 g/mol. The number of benzene rings is 5. The summed E-state index contributed by atoms with van der Waals surface area (Å²) in [6.45, 7) is 1.02. The summed E-state index contributed by atoms with van der Waals surface area (Å²) in [4.78, 5) is 55.6. The van der Waals surface area contributed by atoms with Crippen molar-refractivity contribution in [1.82, 2.24) is 0 Å². The highest BCUT2D eigenvalue weighted by Crippen LogP contribution is 2.37. The van der Waals surface area contributed by atoms with E-state index in [-0.39, 0.29) is 41.8 Å². The molecule has 0 bridgehead atoms. The van der Waals surface area contributed by atoms with Crippen LogP contribution in [0.1, 0.15) is 31.8 Å². The second-order valence-corrected chi connectivity index (χ2v) is 15.7. The molecule has 0 saturated carbocycles. The predicted molar refractivity (Wildman–Crippen MR) is 243 cm³/mol. The molecule has 0 saturated heterocycles. The summed E-state index contributed by atoms with van der Waals surface area (Å²) in [7, 11) is 0. The Kier molecular flexibility index (Phi) is 17.5. The van der Waals surface area contributed by atoms with Gasteiger partial charge in [0.15, 0.2) is 0 Å². The van der Waals surface area contributed by atoms with Crippen LogP contribution in [0.4, 0.5) is 22.7 Å². The van der Waals surface area contributed by atoms with Crippen molar-refractivity contribution < 1.29 is 23.9 Å². The maximum Gasteiger partial charge on any atom is 0.255 e. The SMILES string of the molecule is NCCOc1cc(C(=O)Nc2cccc(NC(=O)[C@H](N)Cc3ccccc3)c2SCCN)cc(C(=O)Nc2cccc(NC(=O)[C@H](N)Cc3ccccc3)c2SCCN)c1. The van der Waals surface area contributed by atoms with Crippen molar-refractivity contribution in [3.8, 4) is 5.75 Å². The molecule has 14 nitrogen and oxygen atoms in total. The maximum atomic E-state index is 14.0. The number of amides is 4. The van der Waals surface area contributed by atoms with Crippen LogP contribution in [0.2, 0.25) is 0 Å². The third-order valence-corrected chi connectivity index (χ3v) is 11.2. The normalized spacial score (nSPS) is 11.9. The Morgan fingerprint density at radius 2 is 0.917 bits per heavy atom. The Morgan fingerprint density at radius 3 is 1.30 bits per heavy atom. The molecule has 14 N–H and O–H groups in total. The van der Waals surface area contributed by atoms with Crippen LogP contribution in [0.5, 0.6) is 5.75 Å². The molecule has 60 heavy (non-hydrogen) atoms. The van der Waals surface area contributed by atoms with Gasteiger partial charge in [0.25, 0.3) is 11.8 Å². The molecule has 0 aliphatic carbocycles. The van der Waals surface area contributed by atoms with Crippen molar-refractivity contribution in [2.24, 2.45) is 28.7 Å². The number of hydrogen-bond acceptors (Lipinski definition) is 12. The third-order valence-electron chi connectivity index (χ3n) is 8.86. The van der Waals surface area contributed by atoms with Crippen molar-refractivity contribution in [3.63, 3.8) is 0 Å². The molecule has 0 heterocycles. The molecule has 5 rings (SSSR count). The van der Waals surface area contributed by atoms with Crippen LogP contribution in [0.3, 0.4) is 0 Å². The number of rotatable bonds is 21. The van der Waals surface area contributed by atoms with Crippen molar-refractivity contribution >= 4 is 69.9 Å². The van der Waals surface area contributed by atoms with Crippen molar-refractivity contribution in [2.75, 3.05) is 59.0 Å². The molecular formula is C44H51N9O5S2. The lowest BCUT2D eigenvalue weighted by molar-refractivity contribution is -0.118. The molecule has 0 radical (unpaired) electrons. The standard InChI is InChI=1S/C44H51N9O5S2/c45-17-20-58-32-26-30(41(54)50-35-13-7-15-37(39(35)59-21-18-46)52-43(56)33(48)23-28-9-3-1-4-10-28)25-31(27-32)42(55)51-36-14-8-16-38(40(36)60-22-19-47)53-44(57)34(49)24-29-11-5-2-6-12-29/h1-16,25-27,33-34H,17-24,45-49H2,(H,50,54)(H,51,55)(H,52,56)(H,53,57)/t33-,34-/m1/s1. The highest BCUT2D eigenvalue weighted by Gasteiger charge is 2.22. The zero-order chi connectivity index (χ0) is 42.9. The van der Waals surface area contributed by atoms with E-state index in [4.69, 9.17) is 33.4 Å². The topological polar surface area (TPSA) is 256 Å². The third kappa shape index (κ3) is 13.1. The van der Waals surface area contributed by atoms with E-state index in [9.17, 15) is 19.2 Å². The minimum atomic E-state index is -0.821. The summed E-state index contributed by atoms with van der Waals surface area (Å²) in [5.41, 5.74) is 33.8. The zero-order valence-corrected chi connectivity index (χ0v) is 34.7. The van der Waals surface area contributed by atoms with Crippen molar-refractivity contribution in [2.45, 2.75) is 34.7 Å². The summed E-state index contributed by atoms with van der Waals surface area (Å²) in [5, 5.41) is 11.7. The van der Waals surface area contributed by atoms with Gasteiger partial charge in [-0.3, -0.25) is 19.2 Å². The van der Waals surface area contributed by atoms with Crippen LogP contribution in [0, 0.1) is 0 Å². The van der Waals surface area contributed by atoms with Gasteiger partial charge >= 0.3 is 0 Å². The minimum Gasteiger partial charge on any atom is -0.492 e. The number of carbonyl (C=O) groups excluding carboxylic acids is 4. The lowest BCUT2D eigenvalue weighted by Gasteiger charge is -2.19. The second kappa shape index (κ2) is 23.2. The first-order chi connectivity index (χ1) is 29.1. The van der Waals surface area contributed by atoms with Crippen LogP contribution in [0.15, 0.2) is 125 Å². The van der Waals surface area contributed by atoms with Gasteiger partial charge in [-0.2, -0.15) is 0 Å². The number of anilines is 4. The van der Waals surface area contributed by atoms with E-state index in [0.29, 0.717) is 70.0 Å². The molecule has 0 aliphatic heterocycles. The van der Waals surface area contributed by atoms with Gasteiger partial charge in [0.05, 0.1) is 44.6 Å². The van der Waals surface area contributed by atoms with Crippen LogP contribution in [-0.4, -0.2) is 73.5 Å². The molecule has 5 aromatic rings. The van der Waals surface area contributed by atoms with E-state index in [1.54, 1.807) is 36.4 Å². The first-order valence-electron chi connectivity index (χ1n) is 19.3. The minimum absolute atomic E-state index is 0.120. The Balaban J connectivity index is 1.38. The number of nitrogens with one attached hydrogen (secondary N) is 4. The van der Waals surface area contributed by atoms with Gasteiger partial charge in [0.2, 0.25) is 11.8 Å². The number of ether oxygens (including phenoxy) is 1. The summed E-state index contributed by atoms with van der Waals surface area (Å²) in [6, 6.07) is 32.1. The van der Waals surface area contributed by atoms with E-state index < -0.39 is 23.9 Å². The molecule has 0 aliphatic rings. The number of thioether (sulfide) groups is 2. The van der Waals surface area contributed by atoms with Gasteiger partial charge in [-0.05, 0) is 66.4 Å². The first kappa shape index (κ1) is 45.4. The molecule has 0 aromatic heterocycles. The first-order valence-corrected chi connectivity index (χ1v) is 21.3. The second-order valence-electron chi connectivity index (χ2n) is 13.5. The fourth-order valence-corrected chi connectivity index (χ4v) is 7.73. The quantitative estimate of drug-likeness (QED) is 0.0458. The van der Waals surface area contributed by atoms with Gasteiger partial charge in [-0.1, -0.05) is 72.8 Å². The van der Waals surface area contributed by atoms with Crippen molar-refractivity contribution in [1.29, 1.82) is 0 Å². The van der Waals surface area contributed by atoms with Gasteiger partial charge < -0.3 is 54.7 Å². The summed E-state index contributed by atoms with van der Waals surface area (Å²) in [6.07, 6.45) is 0.680. The van der Waals surface area contributed by atoms with E-state index >= 15 is 0 Å². The molecular weight excluding hydrogens is 799 g/mol. The van der Waals surface area contributed by atoms with Crippen LogP contribution in [-0.2, 0) is 22.4 Å². The van der Waals surface area contributed by atoms with Gasteiger partial charge in [-0.25, -0.2) is 0 Å². The molecule has 0 spiro atoms. The van der Waals surface area contributed by atoms with Gasteiger partial charge in [0.1, 0.15) is 12.4 Å². The maximum absolute atomic E-state index is 14.0. The van der Waals surface area contributed by atoms with Crippen LogP contribution >= 0.6 is 23.5 Å². The fraction of sp³-hybridized carbons (Fsp3) is 0.227. The van der Waals surface area contributed by atoms with Gasteiger partial charge in [0, 0.05) is 42.3 Å². The Morgan fingerprint density at radius 1 is 0.517 bits per heavy atom. The largest absolute Gasteiger partial charge is 0.492 e. The number of hydrogen-bond donors (Lipinski definition) is 9. The van der Waals surface area contributed by atoms with E-state index in [2.05, 4.69) is 21.3 Å². The van der Waals surface area contributed by atoms with E-state index in [1.807, 2.05) is 60.7 Å². The van der Waals surface area contributed by atoms with Crippen LogP contribution in [0.25, 0.3) is 0 Å². The average Bonchev–Trinajstić information content (AvgIpc) is 3.25. The molecule has 314 valence electrons. The number of nitrogens with two attached hydrogens (primary N) is 5. The Bertz CT molecular complexity index is 2080. The lowest BCUT2D eigenvalue weighted by atomic mass is 10.1.